The summed E-state index contributed by atoms with van der Waals surface area (Å²) in [5.74, 6) is 0.0636. The summed E-state index contributed by atoms with van der Waals surface area (Å²) in [4.78, 5) is 34.8. The van der Waals surface area contributed by atoms with E-state index in [0.29, 0.717) is 11.3 Å². The van der Waals surface area contributed by atoms with Crippen molar-refractivity contribution in [3.63, 3.8) is 0 Å². The number of fused-ring (bicyclic) bond motifs is 1. The lowest BCUT2D eigenvalue weighted by Gasteiger charge is -2.08. The zero-order chi connectivity index (χ0) is 19.4. The van der Waals surface area contributed by atoms with Crippen molar-refractivity contribution in [1.82, 2.24) is 20.8 Å². The fourth-order valence-corrected chi connectivity index (χ4v) is 4.29. The smallest absolute Gasteiger partial charge is 0.269 e. The van der Waals surface area contributed by atoms with Gasteiger partial charge in [-0.1, -0.05) is 11.8 Å². The summed E-state index contributed by atoms with van der Waals surface area (Å²) in [5.41, 5.74) is 6.37. The monoisotopic (exact) mass is 402 g/mol. The topological polar surface area (TPSA) is 93.2 Å². The molecule has 0 saturated carbocycles. The van der Waals surface area contributed by atoms with E-state index in [-0.39, 0.29) is 11.7 Å². The summed E-state index contributed by atoms with van der Waals surface area (Å²) in [7, 11) is 1.55. The SMILES string of the molecule is COc1ccc(C(=O)NNC(=O)CSc2ncnc3sc(C)c(C)c23)cc1. The number of hydrogen-bond acceptors (Lipinski definition) is 7. The number of aromatic nitrogens is 2. The highest BCUT2D eigenvalue weighted by molar-refractivity contribution is 8.00. The molecule has 3 rings (SSSR count). The Morgan fingerprint density at radius 3 is 2.59 bits per heavy atom. The zero-order valence-corrected chi connectivity index (χ0v) is 16.7. The third-order valence-electron chi connectivity index (χ3n) is 3.94. The Morgan fingerprint density at radius 1 is 1.15 bits per heavy atom. The maximum absolute atomic E-state index is 12.1. The summed E-state index contributed by atoms with van der Waals surface area (Å²) < 4.78 is 5.05. The van der Waals surface area contributed by atoms with Gasteiger partial charge in [-0.2, -0.15) is 0 Å². The van der Waals surface area contributed by atoms with Crippen molar-refractivity contribution in [3.8, 4) is 5.75 Å². The number of carbonyl (C=O) groups excluding carboxylic acids is 2. The van der Waals surface area contributed by atoms with Gasteiger partial charge in [0.25, 0.3) is 5.91 Å². The number of nitrogens with zero attached hydrogens (tertiary/aromatic N) is 2. The number of aryl methyl sites for hydroxylation is 2. The van der Waals surface area contributed by atoms with Gasteiger partial charge in [0, 0.05) is 15.8 Å². The van der Waals surface area contributed by atoms with E-state index in [2.05, 4.69) is 20.8 Å². The van der Waals surface area contributed by atoms with Crippen LogP contribution in [-0.4, -0.2) is 34.6 Å². The molecule has 2 amide bonds. The Morgan fingerprint density at radius 2 is 1.89 bits per heavy atom. The van der Waals surface area contributed by atoms with Gasteiger partial charge in [0.1, 0.15) is 21.9 Å². The van der Waals surface area contributed by atoms with Crippen molar-refractivity contribution in [2.45, 2.75) is 18.9 Å². The number of nitrogens with one attached hydrogen (secondary N) is 2. The van der Waals surface area contributed by atoms with Gasteiger partial charge in [-0.3, -0.25) is 20.4 Å². The molecule has 2 N–H and O–H groups in total. The highest BCUT2D eigenvalue weighted by Gasteiger charge is 2.14. The number of thiophene rings is 1. The lowest BCUT2D eigenvalue weighted by molar-refractivity contribution is -0.119. The van der Waals surface area contributed by atoms with Crippen LogP contribution >= 0.6 is 23.1 Å². The molecule has 0 fully saturated rings. The van der Waals surface area contributed by atoms with Crippen LogP contribution in [0.2, 0.25) is 0 Å². The summed E-state index contributed by atoms with van der Waals surface area (Å²) in [6.45, 7) is 4.06. The first-order valence-corrected chi connectivity index (χ1v) is 9.86. The van der Waals surface area contributed by atoms with Crippen LogP contribution in [0.3, 0.4) is 0 Å². The van der Waals surface area contributed by atoms with E-state index in [1.807, 2.05) is 13.8 Å². The number of carbonyl (C=O) groups is 2. The first-order chi connectivity index (χ1) is 13.0. The summed E-state index contributed by atoms with van der Waals surface area (Å²) in [6, 6.07) is 6.60. The molecule has 0 spiro atoms. The maximum Gasteiger partial charge on any atom is 0.269 e. The fraction of sp³-hybridized carbons (Fsp3) is 0.222. The normalized spacial score (nSPS) is 10.6. The Bertz CT molecular complexity index is 986. The minimum absolute atomic E-state index is 0.128. The molecule has 2 heterocycles. The Balaban J connectivity index is 1.56. The van der Waals surface area contributed by atoms with Gasteiger partial charge >= 0.3 is 0 Å². The number of thioether (sulfide) groups is 1. The average molecular weight is 403 g/mol. The van der Waals surface area contributed by atoms with Gasteiger partial charge in [0.2, 0.25) is 5.91 Å². The predicted octanol–water partition coefficient (Wildman–Crippen LogP) is 2.87. The standard InChI is InChI=1S/C18H18N4O3S2/c1-10-11(2)27-18-15(10)17(19-9-20-18)26-8-14(23)21-22-16(24)12-4-6-13(25-3)7-5-12/h4-7,9H,8H2,1-3H3,(H,21,23)(H,22,24). The summed E-state index contributed by atoms with van der Waals surface area (Å²) in [6.07, 6.45) is 1.50. The van der Waals surface area contributed by atoms with Crippen molar-refractivity contribution in [1.29, 1.82) is 0 Å². The molecule has 0 radical (unpaired) electrons. The van der Waals surface area contributed by atoms with E-state index in [9.17, 15) is 9.59 Å². The molecule has 0 unspecified atom stereocenters. The van der Waals surface area contributed by atoms with E-state index in [1.54, 1.807) is 42.7 Å². The number of rotatable bonds is 5. The molecule has 9 heteroatoms. The zero-order valence-electron chi connectivity index (χ0n) is 15.0. The van der Waals surface area contributed by atoms with Crippen LogP contribution in [0.5, 0.6) is 5.75 Å². The van der Waals surface area contributed by atoms with Gasteiger partial charge in [-0.15, -0.1) is 11.3 Å². The Labute approximate surface area is 164 Å². The van der Waals surface area contributed by atoms with E-state index >= 15 is 0 Å². The van der Waals surface area contributed by atoms with Crippen LogP contribution in [0.4, 0.5) is 0 Å². The van der Waals surface area contributed by atoms with Crippen molar-refractivity contribution in [3.05, 3.63) is 46.6 Å². The average Bonchev–Trinajstić information content (AvgIpc) is 2.99. The van der Waals surface area contributed by atoms with Crippen molar-refractivity contribution in [2.75, 3.05) is 12.9 Å². The van der Waals surface area contributed by atoms with Gasteiger partial charge in [0.15, 0.2) is 0 Å². The van der Waals surface area contributed by atoms with Crippen molar-refractivity contribution in [2.24, 2.45) is 0 Å². The molecule has 0 aliphatic carbocycles. The second-order valence-corrected chi connectivity index (χ2v) is 7.83. The number of hydrogen-bond donors (Lipinski definition) is 2. The molecule has 2 aromatic heterocycles. The van der Waals surface area contributed by atoms with E-state index in [0.717, 1.165) is 20.8 Å². The van der Waals surface area contributed by atoms with Crippen LogP contribution in [-0.2, 0) is 4.79 Å². The highest BCUT2D eigenvalue weighted by Crippen LogP contribution is 2.34. The van der Waals surface area contributed by atoms with Crippen LogP contribution in [0.25, 0.3) is 10.2 Å². The lowest BCUT2D eigenvalue weighted by Crippen LogP contribution is -2.42. The van der Waals surface area contributed by atoms with Crippen molar-refractivity contribution < 1.29 is 14.3 Å². The molecule has 0 bridgehead atoms. The number of ether oxygens (including phenoxy) is 1. The van der Waals surface area contributed by atoms with Crippen LogP contribution in [0.15, 0.2) is 35.6 Å². The number of amides is 2. The van der Waals surface area contributed by atoms with Crippen LogP contribution in [0, 0.1) is 13.8 Å². The molecule has 0 atom stereocenters. The minimum Gasteiger partial charge on any atom is -0.497 e. The second kappa shape index (κ2) is 8.36. The number of benzene rings is 1. The first-order valence-electron chi connectivity index (χ1n) is 8.06. The summed E-state index contributed by atoms with van der Waals surface area (Å²) in [5, 5.41) is 1.75. The second-order valence-electron chi connectivity index (χ2n) is 5.66. The van der Waals surface area contributed by atoms with Crippen LogP contribution in [0.1, 0.15) is 20.8 Å². The molecule has 0 saturated heterocycles. The largest absolute Gasteiger partial charge is 0.497 e. The quantitative estimate of drug-likeness (QED) is 0.387. The van der Waals surface area contributed by atoms with E-state index in [1.165, 1.54) is 23.0 Å². The van der Waals surface area contributed by atoms with Gasteiger partial charge in [0.05, 0.1) is 12.9 Å². The van der Waals surface area contributed by atoms with Gasteiger partial charge in [-0.25, -0.2) is 9.97 Å². The third kappa shape index (κ3) is 4.37. The highest BCUT2D eigenvalue weighted by atomic mass is 32.2. The molecular weight excluding hydrogens is 384 g/mol. The molecule has 3 aromatic rings. The molecule has 7 nitrogen and oxygen atoms in total. The fourth-order valence-electron chi connectivity index (χ4n) is 2.37. The lowest BCUT2D eigenvalue weighted by atomic mass is 10.2. The molecular formula is C18H18N4O3S2. The molecule has 0 aliphatic heterocycles. The molecule has 140 valence electrons. The summed E-state index contributed by atoms with van der Waals surface area (Å²) >= 11 is 2.92. The molecule has 1 aromatic carbocycles. The van der Waals surface area contributed by atoms with E-state index < -0.39 is 5.91 Å². The first kappa shape index (κ1) is 19.1. The predicted molar refractivity (Wildman–Crippen MR) is 106 cm³/mol. The van der Waals surface area contributed by atoms with Gasteiger partial charge in [-0.05, 0) is 43.7 Å². The third-order valence-corrected chi connectivity index (χ3v) is 6.04. The Hall–Kier alpha value is -2.65. The Kier molecular flexibility index (Phi) is 5.92. The number of hydrazine groups is 1. The number of methoxy groups -OCH3 is 1. The molecule has 0 aliphatic rings. The molecule has 27 heavy (non-hydrogen) atoms. The van der Waals surface area contributed by atoms with Crippen molar-refractivity contribution >= 4 is 45.1 Å². The van der Waals surface area contributed by atoms with E-state index in [4.69, 9.17) is 4.74 Å². The van der Waals surface area contributed by atoms with Crippen LogP contribution < -0.4 is 15.6 Å². The minimum atomic E-state index is -0.398. The maximum atomic E-state index is 12.1. The van der Waals surface area contributed by atoms with Gasteiger partial charge < -0.3 is 4.74 Å².